The van der Waals surface area contributed by atoms with Crippen molar-refractivity contribution in [2.75, 3.05) is 12.4 Å². The third kappa shape index (κ3) is 5.72. The van der Waals surface area contributed by atoms with Crippen molar-refractivity contribution in [2.45, 2.75) is 31.6 Å². The average Bonchev–Trinajstić information content (AvgIpc) is 3.18. The van der Waals surface area contributed by atoms with E-state index in [2.05, 4.69) is 20.6 Å². The molecule has 0 saturated carbocycles. The van der Waals surface area contributed by atoms with Crippen molar-refractivity contribution in [3.05, 3.63) is 79.5 Å². The van der Waals surface area contributed by atoms with Gasteiger partial charge < -0.3 is 25.6 Å². The number of ether oxygens (including phenoxy) is 1. The minimum atomic E-state index is -1.21. The van der Waals surface area contributed by atoms with E-state index >= 15 is 0 Å². The molecule has 0 spiro atoms. The summed E-state index contributed by atoms with van der Waals surface area (Å²) in [6, 6.07) is 8.56. The highest BCUT2D eigenvalue weighted by atomic mass is 32.2. The minimum absolute atomic E-state index is 0.0806. The molecule has 198 valence electrons. The van der Waals surface area contributed by atoms with Crippen LogP contribution in [0.3, 0.4) is 0 Å². The SMILES string of the molecule is COc1cc(C(N=C2NC(=O)C(CC(=O)Nc3ccc(C)cc3C)S2)c2c(O)[nH]c(=O)[nH]c2=O)ccc1O. The van der Waals surface area contributed by atoms with E-state index in [0.717, 1.165) is 22.9 Å². The lowest BCUT2D eigenvalue weighted by Crippen LogP contribution is -2.29. The van der Waals surface area contributed by atoms with Crippen LogP contribution < -0.4 is 26.6 Å². The number of benzene rings is 2. The van der Waals surface area contributed by atoms with E-state index in [4.69, 9.17) is 4.74 Å². The van der Waals surface area contributed by atoms with Gasteiger partial charge in [-0.15, -0.1) is 0 Å². The second-order valence-electron chi connectivity index (χ2n) is 8.61. The Kier molecular flexibility index (Phi) is 7.57. The number of aromatic nitrogens is 2. The molecule has 1 fully saturated rings. The number of hydrogen-bond acceptors (Lipinski definition) is 9. The standard InChI is InChI=1S/C25H25N5O7S/c1-11-4-6-14(12(2)8-11)26-18(32)10-17-21(33)30-25(38-17)27-20(13-5-7-15(31)16(9-13)37-3)19-22(34)28-24(36)29-23(19)35/h4-9,17,20,31H,10H2,1-3H3,(H,26,32)(H,27,30,33)(H3,28,29,34,35,36). The van der Waals surface area contributed by atoms with E-state index in [-0.39, 0.29) is 34.6 Å². The van der Waals surface area contributed by atoms with Crippen molar-refractivity contribution in [2.24, 2.45) is 4.99 Å². The van der Waals surface area contributed by atoms with Crippen LogP contribution in [0.15, 0.2) is 51.0 Å². The quantitative estimate of drug-likeness (QED) is 0.262. The van der Waals surface area contributed by atoms with Gasteiger partial charge in [0.2, 0.25) is 17.7 Å². The van der Waals surface area contributed by atoms with Crippen LogP contribution in [-0.4, -0.2) is 49.5 Å². The van der Waals surface area contributed by atoms with Crippen molar-refractivity contribution >= 4 is 34.4 Å². The number of phenolic OH excluding ortho intramolecular Hbond substituents is 1. The molecule has 3 aromatic rings. The Morgan fingerprint density at radius 3 is 2.58 bits per heavy atom. The number of aliphatic imine (C=N–C) groups is 1. The van der Waals surface area contributed by atoms with Crippen LogP contribution in [0.25, 0.3) is 0 Å². The van der Waals surface area contributed by atoms with Crippen LogP contribution in [0.2, 0.25) is 0 Å². The minimum Gasteiger partial charge on any atom is -0.504 e. The topological polar surface area (TPSA) is 186 Å². The number of nitrogens with zero attached hydrogens (tertiary/aromatic N) is 1. The second kappa shape index (κ2) is 10.8. The average molecular weight is 540 g/mol. The zero-order valence-electron chi connectivity index (χ0n) is 20.6. The fourth-order valence-corrected chi connectivity index (χ4v) is 4.95. The molecule has 0 aliphatic carbocycles. The lowest BCUT2D eigenvalue weighted by atomic mass is 10.0. The lowest BCUT2D eigenvalue weighted by molar-refractivity contribution is -0.122. The maximum atomic E-state index is 12.7. The summed E-state index contributed by atoms with van der Waals surface area (Å²) in [4.78, 5) is 58.2. The van der Waals surface area contributed by atoms with Crippen LogP contribution in [0, 0.1) is 13.8 Å². The molecule has 4 rings (SSSR count). The molecule has 1 saturated heterocycles. The number of hydrogen-bond donors (Lipinski definition) is 6. The van der Waals surface area contributed by atoms with E-state index in [9.17, 15) is 29.4 Å². The fourth-order valence-electron chi connectivity index (χ4n) is 3.95. The highest BCUT2D eigenvalue weighted by Crippen LogP contribution is 2.36. The highest BCUT2D eigenvalue weighted by molar-refractivity contribution is 8.15. The molecule has 2 amide bonds. The molecule has 0 radical (unpaired) electrons. The molecule has 12 nitrogen and oxygen atoms in total. The zero-order valence-corrected chi connectivity index (χ0v) is 21.4. The van der Waals surface area contributed by atoms with Gasteiger partial charge in [0.15, 0.2) is 16.7 Å². The maximum Gasteiger partial charge on any atom is 0.328 e. The van der Waals surface area contributed by atoms with Gasteiger partial charge in [-0.05, 0) is 43.2 Å². The van der Waals surface area contributed by atoms with Gasteiger partial charge in [-0.25, -0.2) is 9.79 Å². The number of nitrogens with one attached hydrogen (secondary N) is 4. The predicted octanol–water partition coefficient (Wildman–Crippen LogP) is 1.81. The highest BCUT2D eigenvalue weighted by Gasteiger charge is 2.34. The second-order valence-corrected chi connectivity index (χ2v) is 9.80. The number of anilines is 1. The van der Waals surface area contributed by atoms with Gasteiger partial charge in [0.25, 0.3) is 5.56 Å². The van der Waals surface area contributed by atoms with Crippen LogP contribution in [0.5, 0.6) is 17.4 Å². The number of aromatic amines is 2. The Balaban J connectivity index is 1.63. The molecule has 2 atom stereocenters. The number of rotatable bonds is 7. The predicted molar refractivity (Wildman–Crippen MR) is 142 cm³/mol. The van der Waals surface area contributed by atoms with E-state index in [1.165, 1.54) is 25.3 Å². The van der Waals surface area contributed by atoms with E-state index in [1.54, 1.807) is 6.07 Å². The van der Waals surface area contributed by atoms with Gasteiger partial charge in [-0.1, -0.05) is 35.5 Å². The van der Waals surface area contributed by atoms with Gasteiger partial charge >= 0.3 is 5.69 Å². The molecule has 1 aromatic heterocycles. The molecule has 6 N–H and O–H groups in total. The van der Waals surface area contributed by atoms with Crippen molar-refractivity contribution in [3.63, 3.8) is 0 Å². The zero-order chi connectivity index (χ0) is 27.6. The monoisotopic (exact) mass is 539 g/mol. The van der Waals surface area contributed by atoms with Gasteiger partial charge in [0.05, 0.1) is 7.11 Å². The van der Waals surface area contributed by atoms with Crippen LogP contribution in [0.4, 0.5) is 5.69 Å². The number of amidine groups is 1. The number of thioether (sulfide) groups is 1. The van der Waals surface area contributed by atoms with Gasteiger partial charge in [-0.2, -0.15) is 0 Å². The molecular formula is C25H25N5O7S. The number of carbonyl (C=O) groups excluding carboxylic acids is 2. The number of phenols is 1. The van der Waals surface area contributed by atoms with E-state index in [0.29, 0.717) is 11.3 Å². The molecule has 2 heterocycles. The Morgan fingerprint density at radius 2 is 1.89 bits per heavy atom. The molecule has 2 aromatic carbocycles. The molecule has 38 heavy (non-hydrogen) atoms. The summed E-state index contributed by atoms with van der Waals surface area (Å²) in [5.74, 6) is -1.61. The summed E-state index contributed by atoms with van der Waals surface area (Å²) in [6.45, 7) is 3.82. The Bertz CT molecular complexity index is 1560. The summed E-state index contributed by atoms with van der Waals surface area (Å²) < 4.78 is 5.14. The Hall–Kier alpha value is -4.52. The van der Waals surface area contributed by atoms with Crippen LogP contribution in [-0.2, 0) is 9.59 Å². The third-order valence-corrected chi connectivity index (χ3v) is 6.90. The van der Waals surface area contributed by atoms with Gasteiger partial charge in [-0.3, -0.25) is 24.4 Å². The first-order chi connectivity index (χ1) is 18.0. The van der Waals surface area contributed by atoms with Crippen molar-refractivity contribution in [1.29, 1.82) is 0 Å². The summed E-state index contributed by atoms with van der Waals surface area (Å²) in [6.07, 6.45) is -0.134. The number of aromatic hydroxyl groups is 2. The van der Waals surface area contributed by atoms with Crippen molar-refractivity contribution in [3.8, 4) is 17.4 Å². The fraction of sp³-hybridized carbons (Fsp3) is 0.240. The first-order valence-electron chi connectivity index (χ1n) is 11.4. The van der Waals surface area contributed by atoms with Gasteiger partial charge in [0.1, 0.15) is 16.9 Å². The van der Waals surface area contributed by atoms with Gasteiger partial charge in [0, 0.05) is 12.1 Å². The number of aryl methyl sites for hydroxylation is 2. The Morgan fingerprint density at radius 1 is 1.13 bits per heavy atom. The smallest absolute Gasteiger partial charge is 0.328 e. The molecule has 0 bridgehead atoms. The van der Waals surface area contributed by atoms with E-state index in [1.807, 2.05) is 31.0 Å². The summed E-state index contributed by atoms with van der Waals surface area (Å²) >= 11 is 0.992. The van der Waals surface area contributed by atoms with Crippen LogP contribution >= 0.6 is 11.8 Å². The Labute approximate surface area is 220 Å². The van der Waals surface area contributed by atoms with Crippen molar-refractivity contribution < 1.29 is 24.5 Å². The number of amides is 2. The largest absolute Gasteiger partial charge is 0.504 e. The molecular weight excluding hydrogens is 514 g/mol. The first kappa shape index (κ1) is 26.5. The third-order valence-electron chi connectivity index (χ3n) is 5.80. The summed E-state index contributed by atoms with van der Waals surface area (Å²) in [7, 11) is 1.34. The van der Waals surface area contributed by atoms with Crippen molar-refractivity contribution in [1.82, 2.24) is 15.3 Å². The molecule has 13 heteroatoms. The summed E-state index contributed by atoms with van der Waals surface area (Å²) in [5.41, 5.74) is 0.798. The molecule has 2 unspecified atom stereocenters. The first-order valence-corrected chi connectivity index (χ1v) is 12.3. The van der Waals surface area contributed by atoms with Crippen LogP contribution in [0.1, 0.15) is 34.7 Å². The number of carbonyl (C=O) groups is 2. The molecule has 1 aliphatic rings. The number of methoxy groups -OCH3 is 1. The maximum absolute atomic E-state index is 12.7. The normalized spacial score (nSPS) is 16.8. The van der Waals surface area contributed by atoms with E-state index < -0.39 is 34.3 Å². The molecule has 1 aliphatic heterocycles. The lowest BCUT2D eigenvalue weighted by Gasteiger charge is -2.16. The number of H-pyrrole nitrogens is 2. The summed E-state index contributed by atoms with van der Waals surface area (Å²) in [5, 5.41) is 25.1.